The van der Waals surface area contributed by atoms with Crippen molar-refractivity contribution in [1.29, 1.82) is 0 Å². The van der Waals surface area contributed by atoms with E-state index in [0.717, 1.165) is 5.82 Å². The SMILES string of the molecule is C[C@H](Br)c1nc(C2CC2)no1. The second kappa shape index (κ2) is 2.59. The van der Waals surface area contributed by atoms with Crippen molar-refractivity contribution in [2.24, 2.45) is 0 Å². The zero-order valence-electron chi connectivity index (χ0n) is 6.25. The first-order chi connectivity index (χ1) is 5.27. The van der Waals surface area contributed by atoms with E-state index in [1.165, 1.54) is 12.8 Å². The monoisotopic (exact) mass is 216 g/mol. The molecule has 0 radical (unpaired) electrons. The van der Waals surface area contributed by atoms with Crippen molar-refractivity contribution in [2.75, 3.05) is 0 Å². The second-order valence-electron chi connectivity index (χ2n) is 2.88. The van der Waals surface area contributed by atoms with E-state index in [1.807, 2.05) is 6.92 Å². The maximum atomic E-state index is 5.02. The highest BCUT2D eigenvalue weighted by molar-refractivity contribution is 9.09. The summed E-state index contributed by atoms with van der Waals surface area (Å²) in [6.45, 7) is 1.98. The quantitative estimate of drug-likeness (QED) is 0.714. The molecule has 1 aromatic rings. The van der Waals surface area contributed by atoms with Crippen molar-refractivity contribution in [3.8, 4) is 0 Å². The molecule has 0 aromatic carbocycles. The lowest BCUT2D eigenvalue weighted by atomic mass is 10.4. The molecule has 0 saturated heterocycles. The van der Waals surface area contributed by atoms with Gasteiger partial charge < -0.3 is 4.52 Å². The van der Waals surface area contributed by atoms with Crippen molar-refractivity contribution in [1.82, 2.24) is 10.1 Å². The Bertz CT molecular complexity index is 238. The number of aromatic nitrogens is 2. The Morgan fingerprint density at radius 1 is 1.64 bits per heavy atom. The van der Waals surface area contributed by atoms with Crippen LogP contribution in [0.4, 0.5) is 0 Å². The molecule has 60 valence electrons. The number of rotatable bonds is 2. The van der Waals surface area contributed by atoms with Gasteiger partial charge in [0.25, 0.3) is 0 Å². The molecule has 1 aliphatic rings. The predicted octanol–water partition coefficient (Wildman–Crippen LogP) is 2.40. The van der Waals surface area contributed by atoms with E-state index >= 15 is 0 Å². The lowest BCUT2D eigenvalue weighted by molar-refractivity contribution is 0.376. The third-order valence-corrected chi connectivity index (χ3v) is 2.13. The van der Waals surface area contributed by atoms with Crippen LogP contribution in [0.15, 0.2) is 4.52 Å². The van der Waals surface area contributed by atoms with Crippen molar-refractivity contribution in [3.63, 3.8) is 0 Å². The van der Waals surface area contributed by atoms with Crippen LogP contribution in [0.3, 0.4) is 0 Å². The summed E-state index contributed by atoms with van der Waals surface area (Å²) < 4.78 is 5.02. The second-order valence-corrected chi connectivity index (χ2v) is 4.25. The molecule has 1 fully saturated rings. The molecule has 0 N–H and O–H groups in total. The fourth-order valence-electron chi connectivity index (χ4n) is 0.916. The third-order valence-electron chi connectivity index (χ3n) is 1.74. The van der Waals surface area contributed by atoms with E-state index < -0.39 is 0 Å². The number of nitrogens with zero attached hydrogens (tertiary/aromatic N) is 2. The summed E-state index contributed by atoms with van der Waals surface area (Å²) in [7, 11) is 0. The highest BCUT2D eigenvalue weighted by Gasteiger charge is 2.29. The maximum Gasteiger partial charge on any atom is 0.240 e. The maximum absolute atomic E-state index is 5.02. The molecule has 1 atom stereocenters. The average Bonchev–Trinajstić information content (AvgIpc) is 2.68. The van der Waals surface area contributed by atoms with E-state index in [9.17, 15) is 0 Å². The molecule has 1 aliphatic carbocycles. The molecule has 3 nitrogen and oxygen atoms in total. The Morgan fingerprint density at radius 2 is 2.36 bits per heavy atom. The molecule has 1 aromatic heterocycles. The first-order valence-electron chi connectivity index (χ1n) is 3.75. The molecular formula is C7H9BrN2O. The van der Waals surface area contributed by atoms with E-state index in [1.54, 1.807) is 0 Å². The Balaban J connectivity index is 2.18. The summed E-state index contributed by atoms with van der Waals surface area (Å²) in [5, 5.41) is 3.88. The Hall–Kier alpha value is -0.380. The smallest absolute Gasteiger partial charge is 0.240 e. The standard InChI is InChI=1S/C7H9BrN2O/c1-4(8)7-9-6(10-11-7)5-2-3-5/h4-5H,2-3H2,1H3/t4-/m0/s1. The minimum atomic E-state index is 0.169. The topological polar surface area (TPSA) is 38.9 Å². The van der Waals surface area contributed by atoms with Crippen molar-refractivity contribution < 1.29 is 4.52 Å². The summed E-state index contributed by atoms with van der Waals surface area (Å²) in [6, 6.07) is 0. The van der Waals surface area contributed by atoms with Crippen LogP contribution in [-0.4, -0.2) is 10.1 Å². The van der Waals surface area contributed by atoms with Crippen LogP contribution in [0.5, 0.6) is 0 Å². The van der Waals surface area contributed by atoms with Crippen LogP contribution < -0.4 is 0 Å². The van der Waals surface area contributed by atoms with Crippen LogP contribution in [0.2, 0.25) is 0 Å². The van der Waals surface area contributed by atoms with Gasteiger partial charge in [-0.25, -0.2) is 0 Å². The predicted molar refractivity (Wildman–Crippen MR) is 43.6 cm³/mol. The first-order valence-corrected chi connectivity index (χ1v) is 4.66. The van der Waals surface area contributed by atoms with Gasteiger partial charge in [0.2, 0.25) is 5.89 Å². The van der Waals surface area contributed by atoms with Gasteiger partial charge in [-0.3, -0.25) is 0 Å². The molecule has 11 heavy (non-hydrogen) atoms. The zero-order chi connectivity index (χ0) is 7.84. The molecule has 0 amide bonds. The van der Waals surface area contributed by atoms with Gasteiger partial charge in [-0.15, -0.1) is 0 Å². The molecule has 2 rings (SSSR count). The Morgan fingerprint density at radius 3 is 2.82 bits per heavy atom. The number of halogens is 1. The highest BCUT2D eigenvalue weighted by Crippen LogP contribution is 2.38. The lowest BCUT2D eigenvalue weighted by Gasteiger charge is -1.89. The molecule has 4 heteroatoms. The zero-order valence-corrected chi connectivity index (χ0v) is 7.84. The third kappa shape index (κ3) is 1.45. The molecule has 0 bridgehead atoms. The van der Waals surface area contributed by atoms with Gasteiger partial charge in [0.15, 0.2) is 5.82 Å². The summed E-state index contributed by atoms with van der Waals surface area (Å²) >= 11 is 3.37. The Kier molecular flexibility index (Phi) is 1.71. The fourth-order valence-corrected chi connectivity index (χ4v) is 1.10. The van der Waals surface area contributed by atoms with E-state index in [4.69, 9.17) is 4.52 Å². The lowest BCUT2D eigenvalue weighted by Crippen LogP contribution is -1.85. The van der Waals surface area contributed by atoms with Gasteiger partial charge >= 0.3 is 0 Å². The van der Waals surface area contributed by atoms with Crippen LogP contribution in [0.1, 0.15) is 42.2 Å². The molecule has 0 unspecified atom stereocenters. The average molecular weight is 217 g/mol. The van der Waals surface area contributed by atoms with Crippen LogP contribution in [0.25, 0.3) is 0 Å². The van der Waals surface area contributed by atoms with E-state index in [-0.39, 0.29) is 4.83 Å². The van der Waals surface area contributed by atoms with E-state index in [0.29, 0.717) is 11.8 Å². The van der Waals surface area contributed by atoms with E-state index in [2.05, 4.69) is 26.1 Å². The summed E-state index contributed by atoms with van der Waals surface area (Å²) in [4.78, 5) is 4.42. The van der Waals surface area contributed by atoms with Crippen molar-refractivity contribution in [3.05, 3.63) is 11.7 Å². The minimum Gasteiger partial charge on any atom is -0.338 e. The Labute approximate surface area is 73.3 Å². The van der Waals surface area contributed by atoms with Gasteiger partial charge in [-0.05, 0) is 19.8 Å². The van der Waals surface area contributed by atoms with Crippen molar-refractivity contribution >= 4 is 15.9 Å². The van der Waals surface area contributed by atoms with Gasteiger partial charge in [0.05, 0.1) is 4.83 Å². The number of hydrogen-bond acceptors (Lipinski definition) is 3. The molecular weight excluding hydrogens is 208 g/mol. The normalized spacial score (nSPS) is 20.2. The minimum absolute atomic E-state index is 0.169. The molecule has 0 aliphatic heterocycles. The number of hydrogen-bond donors (Lipinski definition) is 0. The molecule has 0 spiro atoms. The van der Waals surface area contributed by atoms with Gasteiger partial charge in [0, 0.05) is 5.92 Å². The largest absolute Gasteiger partial charge is 0.338 e. The molecule has 1 saturated carbocycles. The molecule has 1 heterocycles. The van der Waals surface area contributed by atoms with Crippen LogP contribution >= 0.6 is 15.9 Å². The van der Waals surface area contributed by atoms with Crippen molar-refractivity contribution in [2.45, 2.75) is 30.5 Å². The van der Waals surface area contributed by atoms with Gasteiger partial charge in [-0.2, -0.15) is 4.98 Å². The highest BCUT2D eigenvalue weighted by atomic mass is 79.9. The first kappa shape index (κ1) is 7.28. The summed E-state index contributed by atoms with van der Waals surface area (Å²) in [5.74, 6) is 2.15. The van der Waals surface area contributed by atoms with Crippen LogP contribution in [-0.2, 0) is 0 Å². The van der Waals surface area contributed by atoms with Gasteiger partial charge in [-0.1, -0.05) is 21.1 Å². The fraction of sp³-hybridized carbons (Fsp3) is 0.714. The van der Waals surface area contributed by atoms with Gasteiger partial charge in [0.1, 0.15) is 0 Å². The van der Waals surface area contributed by atoms with Crippen LogP contribution in [0, 0.1) is 0 Å². The number of alkyl halides is 1. The summed E-state index contributed by atoms with van der Waals surface area (Å²) in [5.41, 5.74) is 0. The summed E-state index contributed by atoms with van der Waals surface area (Å²) in [6.07, 6.45) is 2.44.